The number of rotatable bonds is 8. The third kappa shape index (κ3) is 5.76. The molecule has 1 aliphatic heterocycles. The van der Waals surface area contributed by atoms with Gasteiger partial charge in [0.25, 0.3) is 0 Å². The first-order valence-electron chi connectivity index (χ1n) is 11.1. The highest BCUT2D eigenvalue weighted by Gasteiger charge is 2.22. The fourth-order valence-electron chi connectivity index (χ4n) is 3.69. The summed E-state index contributed by atoms with van der Waals surface area (Å²) in [6.07, 6.45) is 2.43. The van der Waals surface area contributed by atoms with Crippen molar-refractivity contribution in [2.24, 2.45) is 0 Å². The third-order valence-electron chi connectivity index (χ3n) is 5.45. The Morgan fingerprint density at radius 1 is 1.21 bits per heavy atom. The molecule has 1 aromatic heterocycles. The lowest BCUT2D eigenvalue weighted by Gasteiger charge is -2.15. The van der Waals surface area contributed by atoms with Gasteiger partial charge in [-0.25, -0.2) is 9.78 Å². The quantitative estimate of drug-likeness (QED) is 0.445. The molecule has 2 heterocycles. The Kier molecular flexibility index (Phi) is 7.48. The van der Waals surface area contributed by atoms with E-state index >= 15 is 0 Å². The number of nitrogens with one attached hydrogen (secondary N) is 1. The Balaban J connectivity index is 1.40. The summed E-state index contributed by atoms with van der Waals surface area (Å²) < 4.78 is 12.6. The Bertz CT molecular complexity index is 1160. The number of benzene rings is 2. The number of alkyl carbamates (subject to hydrolysis) is 1. The molecular weight excluding hydrogens is 434 g/mol. The zero-order valence-corrected chi connectivity index (χ0v) is 18.8. The van der Waals surface area contributed by atoms with Gasteiger partial charge in [-0.1, -0.05) is 36.1 Å². The summed E-state index contributed by atoms with van der Waals surface area (Å²) in [5.74, 6) is 7.59. The zero-order chi connectivity index (χ0) is 23.9. The fraction of sp³-hybridized carbons (Fsp3) is 0.308. The molecule has 3 atom stereocenters. The lowest BCUT2D eigenvalue weighted by molar-refractivity contribution is 0.105. The first-order chi connectivity index (χ1) is 16.5. The lowest BCUT2D eigenvalue weighted by Crippen LogP contribution is -2.21. The molecule has 0 radical (unpaired) electrons. The number of amides is 1. The number of aliphatic hydroxyl groups excluding tert-OH is 2. The van der Waals surface area contributed by atoms with E-state index in [9.17, 15) is 15.0 Å². The fourth-order valence-corrected chi connectivity index (χ4v) is 3.69. The summed E-state index contributed by atoms with van der Waals surface area (Å²) in [6.45, 7) is 2.40. The number of imidazole rings is 1. The van der Waals surface area contributed by atoms with Gasteiger partial charge in [-0.05, 0) is 42.3 Å². The smallest absolute Gasteiger partial charge is 0.407 e. The number of aliphatic hydroxyl groups is 2. The molecule has 4 rings (SSSR count). The van der Waals surface area contributed by atoms with Crippen LogP contribution in [0.5, 0.6) is 5.75 Å². The highest BCUT2D eigenvalue weighted by molar-refractivity contribution is 5.69. The van der Waals surface area contributed by atoms with Gasteiger partial charge in [-0.2, -0.15) is 0 Å². The van der Waals surface area contributed by atoms with E-state index in [-0.39, 0.29) is 18.8 Å². The molecule has 0 saturated carbocycles. The van der Waals surface area contributed by atoms with E-state index in [1.807, 2.05) is 48.5 Å². The SMILES string of the molecule is C[C@H](O)c1nccn1[C@@H](C#Cc1ccc(-c2ccc(OC[C@H]3CNC(=O)O3)cc2)cc1)CCO. The molecule has 1 saturated heterocycles. The first kappa shape index (κ1) is 23.4. The molecule has 8 heteroatoms. The minimum Gasteiger partial charge on any atom is -0.490 e. The van der Waals surface area contributed by atoms with Gasteiger partial charge in [-0.15, -0.1) is 0 Å². The number of carbonyl (C=O) groups is 1. The van der Waals surface area contributed by atoms with E-state index in [1.165, 1.54) is 0 Å². The van der Waals surface area contributed by atoms with Crippen LogP contribution in [0.25, 0.3) is 11.1 Å². The van der Waals surface area contributed by atoms with Crippen molar-refractivity contribution in [3.8, 4) is 28.7 Å². The molecule has 0 unspecified atom stereocenters. The topological polar surface area (TPSA) is 106 Å². The molecule has 8 nitrogen and oxygen atoms in total. The second-order valence-corrected chi connectivity index (χ2v) is 7.99. The van der Waals surface area contributed by atoms with Crippen molar-refractivity contribution >= 4 is 6.09 Å². The normalized spacial score (nSPS) is 16.7. The van der Waals surface area contributed by atoms with Gasteiger partial charge in [0, 0.05) is 31.0 Å². The van der Waals surface area contributed by atoms with Crippen LogP contribution >= 0.6 is 0 Å². The van der Waals surface area contributed by atoms with Crippen LogP contribution in [0.3, 0.4) is 0 Å². The number of nitrogens with zero attached hydrogens (tertiary/aromatic N) is 2. The van der Waals surface area contributed by atoms with Crippen LogP contribution in [0.2, 0.25) is 0 Å². The van der Waals surface area contributed by atoms with E-state index < -0.39 is 12.2 Å². The first-order valence-corrected chi connectivity index (χ1v) is 11.1. The van der Waals surface area contributed by atoms with Crippen molar-refractivity contribution in [2.45, 2.75) is 31.6 Å². The Labute approximate surface area is 198 Å². The number of ether oxygens (including phenoxy) is 2. The van der Waals surface area contributed by atoms with Crippen LogP contribution in [0.1, 0.15) is 36.9 Å². The maximum atomic E-state index is 11.1. The Morgan fingerprint density at radius 3 is 2.53 bits per heavy atom. The number of hydrogen-bond donors (Lipinski definition) is 3. The van der Waals surface area contributed by atoms with Crippen LogP contribution < -0.4 is 10.1 Å². The number of aromatic nitrogens is 2. The summed E-state index contributed by atoms with van der Waals surface area (Å²) in [4.78, 5) is 15.3. The van der Waals surface area contributed by atoms with Gasteiger partial charge in [0.1, 0.15) is 24.3 Å². The molecule has 176 valence electrons. The molecule has 1 aliphatic rings. The average Bonchev–Trinajstić information content (AvgIpc) is 3.50. The van der Waals surface area contributed by atoms with Crippen LogP contribution in [0, 0.1) is 11.8 Å². The van der Waals surface area contributed by atoms with Crippen molar-refractivity contribution in [3.63, 3.8) is 0 Å². The van der Waals surface area contributed by atoms with Gasteiger partial charge in [0.2, 0.25) is 0 Å². The molecule has 1 amide bonds. The van der Waals surface area contributed by atoms with Crippen LogP contribution in [-0.2, 0) is 4.74 Å². The van der Waals surface area contributed by atoms with E-state index in [0.29, 0.717) is 31.1 Å². The van der Waals surface area contributed by atoms with Crippen molar-refractivity contribution in [1.82, 2.24) is 14.9 Å². The molecule has 2 aromatic carbocycles. The largest absolute Gasteiger partial charge is 0.490 e. The maximum absolute atomic E-state index is 11.1. The second kappa shape index (κ2) is 10.9. The molecule has 0 aliphatic carbocycles. The number of carbonyl (C=O) groups excluding carboxylic acids is 1. The predicted octanol–water partition coefficient (Wildman–Crippen LogP) is 3.07. The summed E-state index contributed by atoms with van der Waals surface area (Å²) >= 11 is 0. The van der Waals surface area contributed by atoms with Crippen molar-refractivity contribution < 1.29 is 24.5 Å². The molecule has 0 spiro atoms. The van der Waals surface area contributed by atoms with Crippen molar-refractivity contribution in [2.75, 3.05) is 19.8 Å². The molecule has 3 aromatic rings. The minimum absolute atomic E-state index is 0.0158. The van der Waals surface area contributed by atoms with Gasteiger partial charge in [0.05, 0.1) is 12.6 Å². The van der Waals surface area contributed by atoms with E-state index in [2.05, 4.69) is 22.1 Å². The van der Waals surface area contributed by atoms with E-state index in [0.717, 1.165) is 16.7 Å². The van der Waals surface area contributed by atoms with Crippen LogP contribution in [0.4, 0.5) is 4.79 Å². The van der Waals surface area contributed by atoms with Gasteiger partial charge in [0.15, 0.2) is 6.10 Å². The van der Waals surface area contributed by atoms with E-state index in [4.69, 9.17) is 9.47 Å². The predicted molar refractivity (Wildman–Crippen MR) is 126 cm³/mol. The molecular formula is C26H27N3O5. The minimum atomic E-state index is -0.716. The molecule has 3 N–H and O–H groups in total. The van der Waals surface area contributed by atoms with Gasteiger partial charge >= 0.3 is 6.09 Å². The number of cyclic esters (lactones) is 1. The summed E-state index contributed by atoms with van der Waals surface area (Å²) in [5.41, 5.74) is 2.94. The van der Waals surface area contributed by atoms with E-state index in [1.54, 1.807) is 23.9 Å². The lowest BCUT2D eigenvalue weighted by atomic mass is 10.0. The van der Waals surface area contributed by atoms with Crippen LogP contribution in [-0.4, -0.2) is 51.7 Å². The van der Waals surface area contributed by atoms with Crippen molar-refractivity contribution in [3.05, 3.63) is 72.3 Å². The summed E-state index contributed by atoms with van der Waals surface area (Å²) in [7, 11) is 0. The average molecular weight is 462 g/mol. The summed E-state index contributed by atoms with van der Waals surface area (Å²) in [6, 6.07) is 15.3. The Morgan fingerprint density at radius 2 is 1.91 bits per heavy atom. The molecule has 0 bridgehead atoms. The van der Waals surface area contributed by atoms with Gasteiger partial charge in [-0.3, -0.25) is 0 Å². The Hall–Kier alpha value is -3.80. The number of hydrogen-bond acceptors (Lipinski definition) is 6. The van der Waals surface area contributed by atoms with Crippen LogP contribution in [0.15, 0.2) is 60.9 Å². The van der Waals surface area contributed by atoms with Crippen molar-refractivity contribution in [1.29, 1.82) is 0 Å². The maximum Gasteiger partial charge on any atom is 0.407 e. The highest BCUT2D eigenvalue weighted by Crippen LogP contribution is 2.23. The zero-order valence-electron chi connectivity index (χ0n) is 18.8. The third-order valence-corrected chi connectivity index (χ3v) is 5.45. The molecule has 34 heavy (non-hydrogen) atoms. The highest BCUT2D eigenvalue weighted by atomic mass is 16.6. The standard InChI is InChI=1S/C26H27N3O5/c1-18(31)25-27-13-14-29(25)22(12-15-30)9-4-19-2-5-20(6-3-19)21-7-10-23(11-8-21)33-17-24-16-28-26(32)34-24/h2-3,5-8,10-11,13-14,18,22,24,30-31H,12,15-17H2,1H3,(H,28,32)/t18-,22-,24+/m0/s1. The molecule has 1 fully saturated rings. The monoisotopic (exact) mass is 461 g/mol. The summed E-state index contributed by atoms with van der Waals surface area (Å²) in [5, 5.41) is 22.0. The van der Waals surface area contributed by atoms with Gasteiger partial charge < -0.3 is 29.6 Å². The second-order valence-electron chi connectivity index (χ2n) is 7.99.